The van der Waals surface area contributed by atoms with Crippen molar-refractivity contribution in [1.82, 2.24) is 5.32 Å². The summed E-state index contributed by atoms with van der Waals surface area (Å²) < 4.78 is 4.77. The topological polar surface area (TPSA) is 38.3 Å². The number of nitrogens with one attached hydrogen (secondary N) is 1. The molecule has 5 heteroatoms. The number of carbonyl (C=O) groups is 1. The normalized spacial score (nSPS) is 19.4. The highest BCUT2D eigenvalue weighted by Gasteiger charge is 2.56. The van der Waals surface area contributed by atoms with E-state index in [0.29, 0.717) is 13.0 Å². The van der Waals surface area contributed by atoms with Crippen LogP contribution >= 0.6 is 23.2 Å². The van der Waals surface area contributed by atoms with Crippen LogP contribution < -0.4 is 10.1 Å². The first-order valence-corrected chi connectivity index (χ1v) is 7.66. The zero-order valence-electron chi connectivity index (χ0n) is 11.5. The number of ether oxygens (including phenoxy) is 1. The fraction of sp³-hybridized carbons (Fsp3) is 0.533. The molecule has 1 unspecified atom stereocenters. The third-order valence-corrected chi connectivity index (χ3v) is 4.11. The zero-order valence-corrected chi connectivity index (χ0v) is 13.0. The minimum atomic E-state index is -0.866. The molecule has 110 valence electrons. The highest BCUT2D eigenvalue weighted by molar-refractivity contribution is 6.52. The Morgan fingerprint density at radius 3 is 2.90 bits per heavy atom. The van der Waals surface area contributed by atoms with E-state index in [1.54, 1.807) is 0 Å². The van der Waals surface area contributed by atoms with Gasteiger partial charge in [0.25, 0.3) is 0 Å². The van der Waals surface area contributed by atoms with Gasteiger partial charge in [-0.25, -0.2) is 0 Å². The Labute approximate surface area is 129 Å². The van der Waals surface area contributed by atoms with Crippen molar-refractivity contribution < 1.29 is 9.53 Å². The first kappa shape index (κ1) is 15.5. The van der Waals surface area contributed by atoms with Crippen LogP contribution in [0.15, 0.2) is 24.3 Å². The summed E-state index contributed by atoms with van der Waals surface area (Å²) in [4.78, 5) is 11.8. The van der Waals surface area contributed by atoms with Crippen molar-refractivity contribution in [2.75, 3.05) is 6.61 Å². The van der Waals surface area contributed by atoms with E-state index in [2.05, 4.69) is 12.2 Å². The Balaban J connectivity index is 1.81. The minimum Gasteiger partial charge on any atom is -0.494 e. The molecule has 1 amide bonds. The third-order valence-electron chi connectivity index (χ3n) is 3.27. The highest BCUT2D eigenvalue weighted by atomic mass is 35.5. The van der Waals surface area contributed by atoms with Gasteiger partial charge in [0.1, 0.15) is 10.1 Å². The van der Waals surface area contributed by atoms with Crippen LogP contribution in [0.4, 0.5) is 0 Å². The van der Waals surface area contributed by atoms with Crippen LogP contribution in [-0.4, -0.2) is 16.8 Å². The van der Waals surface area contributed by atoms with Gasteiger partial charge in [0.2, 0.25) is 5.91 Å². The van der Waals surface area contributed by atoms with E-state index in [-0.39, 0.29) is 11.8 Å². The number of benzene rings is 1. The summed E-state index contributed by atoms with van der Waals surface area (Å²) in [5, 5.41) is 2.85. The molecule has 1 aliphatic rings. The lowest BCUT2D eigenvalue weighted by atomic mass is 10.2. The van der Waals surface area contributed by atoms with Gasteiger partial charge in [-0.15, -0.1) is 23.2 Å². The van der Waals surface area contributed by atoms with Gasteiger partial charge in [-0.2, -0.15) is 0 Å². The molecule has 1 aromatic rings. The van der Waals surface area contributed by atoms with Crippen molar-refractivity contribution in [2.24, 2.45) is 5.92 Å². The maximum Gasteiger partial charge on any atom is 0.226 e. The molecule has 0 aromatic heterocycles. The molecular formula is C15H19Cl2NO2. The van der Waals surface area contributed by atoms with Crippen LogP contribution in [0.3, 0.4) is 0 Å². The molecule has 0 saturated heterocycles. The molecular weight excluding hydrogens is 297 g/mol. The van der Waals surface area contributed by atoms with E-state index >= 15 is 0 Å². The monoisotopic (exact) mass is 315 g/mol. The van der Waals surface area contributed by atoms with Crippen molar-refractivity contribution in [3.05, 3.63) is 29.8 Å². The zero-order chi connectivity index (χ0) is 14.6. The molecule has 2 rings (SSSR count). The Hall–Kier alpha value is -0.930. The van der Waals surface area contributed by atoms with Gasteiger partial charge in [0.15, 0.2) is 0 Å². The maximum atomic E-state index is 11.8. The second-order valence-electron chi connectivity index (χ2n) is 5.08. The Kier molecular flexibility index (Phi) is 5.17. The molecule has 1 saturated carbocycles. The SMILES string of the molecule is CCCCOc1cccc(CNC(=O)C2CC2(Cl)Cl)c1. The predicted molar refractivity (Wildman–Crippen MR) is 81.2 cm³/mol. The van der Waals surface area contributed by atoms with Gasteiger partial charge in [-0.1, -0.05) is 25.5 Å². The van der Waals surface area contributed by atoms with Crippen molar-refractivity contribution in [3.8, 4) is 5.75 Å². The standard InChI is InChI=1S/C15H19Cl2NO2/c1-2-3-7-20-12-6-4-5-11(8-12)10-18-14(19)13-9-15(13,16)17/h4-6,8,13H,2-3,7,9-10H2,1H3,(H,18,19). The molecule has 1 N–H and O–H groups in total. The van der Waals surface area contributed by atoms with E-state index in [4.69, 9.17) is 27.9 Å². The first-order valence-electron chi connectivity index (χ1n) is 6.90. The summed E-state index contributed by atoms with van der Waals surface area (Å²) in [6, 6.07) is 7.74. The molecule has 0 radical (unpaired) electrons. The lowest BCUT2D eigenvalue weighted by Crippen LogP contribution is -2.26. The number of carbonyl (C=O) groups excluding carboxylic acids is 1. The number of amides is 1. The van der Waals surface area contributed by atoms with E-state index in [9.17, 15) is 4.79 Å². The summed E-state index contributed by atoms with van der Waals surface area (Å²) in [6.45, 7) is 3.31. The summed E-state index contributed by atoms with van der Waals surface area (Å²) >= 11 is 11.7. The molecule has 0 heterocycles. The van der Waals surface area contributed by atoms with Crippen molar-refractivity contribution in [2.45, 2.75) is 37.1 Å². The van der Waals surface area contributed by atoms with Gasteiger partial charge < -0.3 is 10.1 Å². The van der Waals surface area contributed by atoms with Crippen molar-refractivity contribution in [1.29, 1.82) is 0 Å². The van der Waals surface area contributed by atoms with Crippen LogP contribution in [0.1, 0.15) is 31.7 Å². The lowest BCUT2D eigenvalue weighted by Gasteiger charge is -2.09. The van der Waals surface area contributed by atoms with Gasteiger partial charge in [-0.05, 0) is 30.5 Å². The summed E-state index contributed by atoms with van der Waals surface area (Å²) in [7, 11) is 0. The number of unbranched alkanes of at least 4 members (excludes halogenated alkanes) is 1. The van der Waals surface area contributed by atoms with Crippen LogP contribution in [0.5, 0.6) is 5.75 Å². The average Bonchev–Trinajstić information content (AvgIpc) is 3.06. The van der Waals surface area contributed by atoms with Gasteiger partial charge in [0, 0.05) is 6.54 Å². The Bertz CT molecular complexity index is 477. The Morgan fingerprint density at radius 1 is 1.50 bits per heavy atom. The van der Waals surface area contributed by atoms with E-state index in [0.717, 1.165) is 30.8 Å². The lowest BCUT2D eigenvalue weighted by molar-refractivity contribution is -0.122. The number of hydrogen-bond acceptors (Lipinski definition) is 2. The molecule has 1 aromatic carbocycles. The maximum absolute atomic E-state index is 11.8. The molecule has 1 aliphatic carbocycles. The van der Waals surface area contributed by atoms with Crippen molar-refractivity contribution >= 4 is 29.1 Å². The Morgan fingerprint density at radius 2 is 2.25 bits per heavy atom. The number of hydrogen-bond donors (Lipinski definition) is 1. The second kappa shape index (κ2) is 6.68. The predicted octanol–water partition coefficient (Wildman–Crippen LogP) is 3.68. The van der Waals surface area contributed by atoms with Gasteiger partial charge in [0.05, 0.1) is 12.5 Å². The quantitative estimate of drug-likeness (QED) is 0.615. The number of halogens is 2. The first-order chi connectivity index (χ1) is 9.53. The summed E-state index contributed by atoms with van der Waals surface area (Å²) in [5.41, 5.74) is 1.00. The molecule has 0 aliphatic heterocycles. The fourth-order valence-corrected chi connectivity index (χ4v) is 2.40. The van der Waals surface area contributed by atoms with Gasteiger partial charge in [-0.3, -0.25) is 4.79 Å². The minimum absolute atomic E-state index is 0.0905. The van der Waals surface area contributed by atoms with E-state index in [1.165, 1.54) is 0 Å². The summed E-state index contributed by atoms with van der Waals surface area (Å²) in [5.74, 6) is 0.461. The molecule has 1 atom stereocenters. The number of alkyl halides is 2. The number of rotatable bonds is 7. The largest absolute Gasteiger partial charge is 0.494 e. The van der Waals surface area contributed by atoms with Gasteiger partial charge >= 0.3 is 0 Å². The smallest absolute Gasteiger partial charge is 0.226 e. The third kappa shape index (κ3) is 4.29. The van der Waals surface area contributed by atoms with Crippen molar-refractivity contribution in [3.63, 3.8) is 0 Å². The molecule has 3 nitrogen and oxygen atoms in total. The molecule has 1 fully saturated rings. The molecule has 20 heavy (non-hydrogen) atoms. The van der Waals surface area contributed by atoms with Crippen LogP contribution in [0.2, 0.25) is 0 Å². The van der Waals surface area contributed by atoms with Crippen LogP contribution in [-0.2, 0) is 11.3 Å². The molecule has 0 bridgehead atoms. The van der Waals surface area contributed by atoms with Crippen LogP contribution in [0.25, 0.3) is 0 Å². The average molecular weight is 316 g/mol. The fourth-order valence-electron chi connectivity index (χ4n) is 1.89. The van der Waals surface area contributed by atoms with Crippen LogP contribution in [0, 0.1) is 5.92 Å². The van der Waals surface area contributed by atoms with E-state index < -0.39 is 4.33 Å². The summed E-state index contributed by atoms with van der Waals surface area (Å²) in [6.07, 6.45) is 2.67. The second-order valence-corrected chi connectivity index (χ2v) is 6.63. The molecule has 0 spiro atoms. The van der Waals surface area contributed by atoms with E-state index in [1.807, 2.05) is 24.3 Å². The highest BCUT2D eigenvalue weighted by Crippen LogP contribution is 2.53.